The Bertz CT molecular complexity index is 116. The predicted octanol–water partition coefficient (Wildman–Crippen LogP) is 0.542. The van der Waals surface area contributed by atoms with Gasteiger partial charge in [-0.05, 0) is 0 Å². The second-order valence-corrected chi connectivity index (χ2v) is 1.64. The van der Waals surface area contributed by atoms with Crippen molar-refractivity contribution in [3.63, 3.8) is 0 Å². The van der Waals surface area contributed by atoms with Gasteiger partial charge in [0.1, 0.15) is 5.51 Å². The summed E-state index contributed by atoms with van der Waals surface area (Å²) in [7, 11) is 0. The summed E-state index contributed by atoms with van der Waals surface area (Å²) in [5.41, 5.74) is 6.72. The van der Waals surface area contributed by atoms with Gasteiger partial charge in [0.15, 0.2) is 0 Å². The molecule has 0 saturated heterocycles. The maximum atomic E-state index is 5.12. The average molecular weight is 138 g/mol. The van der Waals surface area contributed by atoms with E-state index in [1.54, 1.807) is 5.51 Å². The SMILES string of the molecule is Cl.Nc1nncs1. The highest BCUT2D eigenvalue weighted by molar-refractivity contribution is 7.13. The molecule has 0 unspecified atom stereocenters. The Balaban J connectivity index is 0.000000360. The van der Waals surface area contributed by atoms with Crippen molar-refractivity contribution >= 4 is 28.9 Å². The van der Waals surface area contributed by atoms with Crippen LogP contribution in [-0.4, -0.2) is 10.2 Å². The van der Waals surface area contributed by atoms with Crippen LogP contribution >= 0.6 is 23.7 Å². The third-order valence-corrected chi connectivity index (χ3v) is 0.900. The minimum atomic E-state index is 0. The molecule has 3 nitrogen and oxygen atoms in total. The number of rotatable bonds is 0. The summed E-state index contributed by atoms with van der Waals surface area (Å²) in [6.07, 6.45) is 0. The van der Waals surface area contributed by atoms with Gasteiger partial charge in [0.25, 0.3) is 0 Å². The number of nitrogens with zero attached hydrogens (tertiary/aromatic N) is 2. The Morgan fingerprint density at radius 1 is 1.71 bits per heavy atom. The van der Waals surface area contributed by atoms with Gasteiger partial charge in [0, 0.05) is 0 Å². The van der Waals surface area contributed by atoms with E-state index in [2.05, 4.69) is 10.2 Å². The fourth-order valence-electron chi connectivity index (χ4n) is 0.182. The molecule has 40 valence electrons. The van der Waals surface area contributed by atoms with Crippen molar-refractivity contribution in [3.05, 3.63) is 5.51 Å². The highest BCUT2D eigenvalue weighted by Gasteiger charge is 1.78. The molecule has 1 aromatic rings. The highest BCUT2D eigenvalue weighted by Crippen LogP contribution is 1.98. The monoisotopic (exact) mass is 137 g/mol. The second-order valence-electron chi connectivity index (χ2n) is 0.777. The zero-order valence-electron chi connectivity index (χ0n) is 3.37. The van der Waals surface area contributed by atoms with E-state index >= 15 is 0 Å². The van der Waals surface area contributed by atoms with E-state index in [0.29, 0.717) is 5.13 Å². The molecule has 0 saturated carbocycles. The molecular weight excluding hydrogens is 134 g/mol. The lowest BCUT2D eigenvalue weighted by Crippen LogP contribution is -1.79. The zero-order chi connectivity index (χ0) is 4.41. The van der Waals surface area contributed by atoms with Gasteiger partial charge >= 0.3 is 0 Å². The van der Waals surface area contributed by atoms with Crippen LogP contribution in [0.5, 0.6) is 0 Å². The largest absolute Gasteiger partial charge is 0.374 e. The molecule has 0 aliphatic carbocycles. The molecule has 0 atom stereocenters. The fraction of sp³-hybridized carbons (Fsp3) is 0. The van der Waals surface area contributed by atoms with E-state index in [4.69, 9.17) is 5.73 Å². The third-order valence-electron chi connectivity index (χ3n) is 0.377. The average Bonchev–Trinajstić information content (AvgIpc) is 1.86. The van der Waals surface area contributed by atoms with Gasteiger partial charge in [0.05, 0.1) is 0 Å². The maximum absolute atomic E-state index is 5.12. The van der Waals surface area contributed by atoms with E-state index in [9.17, 15) is 0 Å². The standard InChI is InChI=1S/C2H3N3S.ClH/c3-2-5-4-1-6-2;/h1H,(H2,3,5);1H. The molecule has 0 radical (unpaired) electrons. The molecule has 1 rings (SSSR count). The van der Waals surface area contributed by atoms with E-state index in [-0.39, 0.29) is 12.4 Å². The van der Waals surface area contributed by atoms with Crippen molar-refractivity contribution in [2.24, 2.45) is 0 Å². The van der Waals surface area contributed by atoms with E-state index in [1.165, 1.54) is 11.3 Å². The molecule has 0 aromatic carbocycles. The Morgan fingerprint density at radius 3 is 2.57 bits per heavy atom. The smallest absolute Gasteiger partial charge is 0.202 e. The van der Waals surface area contributed by atoms with Crippen molar-refractivity contribution in [1.29, 1.82) is 0 Å². The van der Waals surface area contributed by atoms with Crippen molar-refractivity contribution in [1.82, 2.24) is 10.2 Å². The van der Waals surface area contributed by atoms with Crippen molar-refractivity contribution in [3.8, 4) is 0 Å². The van der Waals surface area contributed by atoms with Crippen LogP contribution in [0.4, 0.5) is 5.13 Å². The molecule has 2 N–H and O–H groups in total. The number of nitrogens with two attached hydrogens (primary N) is 1. The summed E-state index contributed by atoms with van der Waals surface area (Å²) >= 11 is 1.33. The molecule has 0 spiro atoms. The van der Waals surface area contributed by atoms with Crippen LogP contribution in [0, 0.1) is 0 Å². The minimum absolute atomic E-state index is 0. The lowest BCUT2D eigenvalue weighted by atomic mass is 11.3. The molecule has 5 heteroatoms. The summed E-state index contributed by atoms with van der Waals surface area (Å²) in [5.74, 6) is 0. The Hall–Kier alpha value is -0.350. The third kappa shape index (κ3) is 1.70. The van der Waals surface area contributed by atoms with Gasteiger partial charge in [0.2, 0.25) is 5.13 Å². The zero-order valence-corrected chi connectivity index (χ0v) is 5.00. The van der Waals surface area contributed by atoms with Gasteiger partial charge in [-0.3, -0.25) is 0 Å². The number of hydrogen-bond acceptors (Lipinski definition) is 4. The molecule has 0 aliphatic rings. The molecule has 1 heterocycles. The van der Waals surface area contributed by atoms with E-state index in [1.807, 2.05) is 0 Å². The Kier molecular flexibility index (Phi) is 2.62. The van der Waals surface area contributed by atoms with Crippen LogP contribution < -0.4 is 5.73 Å². The van der Waals surface area contributed by atoms with Gasteiger partial charge in [-0.2, -0.15) is 0 Å². The van der Waals surface area contributed by atoms with Gasteiger partial charge in [-0.25, -0.2) is 0 Å². The number of aromatic nitrogens is 2. The quantitative estimate of drug-likeness (QED) is 0.568. The van der Waals surface area contributed by atoms with Crippen molar-refractivity contribution in [2.75, 3.05) is 5.73 Å². The second kappa shape index (κ2) is 2.76. The lowest BCUT2D eigenvalue weighted by molar-refractivity contribution is 1.10. The topological polar surface area (TPSA) is 51.8 Å². The number of nitrogen functional groups attached to an aromatic ring is 1. The first-order valence-corrected chi connectivity index (χ1v) is 2.29. The van der Waals surface area contributed by atoms with Crippen LogP contribution in [0.15, 0.2) is 5.51 Å². The summed E-state index contributed by atoms with van der Waals surface area (Å²) in [5, 5.41) is 7.45. The molecular formula is C2H4ClN3S. The molecule has 1 aromatic heterocycles. The maximum Gasteiger partial charge on any atom is 0.202 e. The van der Waals surface area contributed by atoms with Crippen LogP contribution in [0.3, 0.4) is 0 Å². The molecule has 0 amide bonds. The lowest BCUT2D eigenvalue weighted by Gasteiger charge is -1.64. The van der Waals surface area contributed by atoms with Crippen LogP contribution in [0.25, 0.3) is 0 Å². The first kappa shape index (κ1) is 6.65. The normalized spacial score (nSPS) is 7.43. The summed E-state index contributed by atoms with van der Waals surface area (Å²) in [6, 6.07) is 0. The Morgan fingerprint density at radius 2 is 2.43 bits per heavy atom. The van der Waals surface area contributed by atoms with Gasteiger partial charge in [-0.1, -0.05) is 11.3 Å². The van der Waals surface area contributed by atoms with Crippen molar-refractivity contribution < 1.29 is 0 Å². The summed E-state index contributed by atoms with van der Waals surface area (Å²) < 4.78 is 0. The van der Waals surface area contributed by atoms with Crippen molar-refractivity contribution in [2.45, 2.75) is 0 Å². The summed E-state index contributed by atoms with van der Waals surface area (Å²) in [6.45, 7) is 0. The van der Waals surface area contributed by atoms with E-state index in [0.717, 1.165) is 0 Å². The first-order valence-electron chi connectivity index (χ1n) is 1.41. The van der Waals surface area contributed by atoms with Gasteiger partial charge < -0.3 is 5.73 Å². The van der Waals surface area contributed by atoms with E-state index < -0.39 is 0 Å². The predicted molar refractivity (Wildman–Crippen MR) is 31.6 cm³/mol. The number of hydrogen-bond donors (Lipinski definition) is 1. The minimum Gasteiger partial charge on any atom is -0.374 e. The van der Waals surface area contributed by atoms with Gasteiger partial charge in [-0.15, -0.1) is 22.6 Å². The van der Waals surface area contributed by atoms with Crippen LogP contribution in [0.1, 0.15) is 0 Å². The Labute approximate surface area is 51.0 Å². The van der Waals surface area contributed by atoms with Crippen LogP contribution in [-0.2, 0) is 0 Å². The molecule has 7 heavy (non-hydrogen) atoms. The first-order chi connectivity index (χ1) is 2.89. The number of anilines is 1. The highest BCUT2D eigenvalue weighted by atomic mass is 35.5. The fourth-order valence-corrected chi connectivity index (χ4v) is 0.478. The van der Waals surface area contributed by atoms with Crippen LogP contribution in [0.2, 0.25) is 0 Å². The molecule has 0 aliphatic heterocycles. The molecule has 0 bridgehead atoms. The summed E-state index contributed by atoms with van der Waals surface area (Å²) in [4.78, 5) is 0. The number of halogens is 1. The molecule has 0 fully saturated rings.